The summed E-state index contributed by atoms with van der Waals surface area (Å²) in [6, 6.07) is 2.97. The summed E-state index contributed by atoms with van der Waals surface area (Å²) in [5.41, 5.74) is 0.524. The van der Waals surface area contributed by atoms with Crippen molar-refractivity contribution < 1.29 is 8.78 Å². The van der Waals surface area contributed by atoms with E-state index >= 15 is 0 Å². The predicted octanol–water partition coefficient (Wildman–Crippen LogP) is 4.51. The number of rotatable bonds is 2. The van der Waals surface area contributed by atoms with Gasteiger partial charge in [-0.2, -0.15) is 0 Å². The van der Waals surface area contributed by atoms with E-state index in [1.165, 1.54) is 18.6 Å². The van der Waals surface area contributed by atoms with Crippen LogP contribution >= 0.6 is 0 Å². The largest absolute Gasteiger partial charge is 0.377 e. The van der Waals surface area contributed by atoms with E-state index in [0.717, 1.165) is 12.8 Å². The third-order valence-electron chi connectivity index (χ3n) is 4.14. The van der Waals surface area contributed by atoms with Gasteiger partial charge in [0, 0.05) is 6.04 Å². The number of hydrogen-bond donors (Lipinski definition) is 1. The zero-order valence-electron chi connectivity index (χ0n) is 11.3. The van der Waals surface area contributed by atoms with Gasteiger partial charge in [0.15, 0.2) is 5.82 Å². The molecule has 0 saturated heterocycles. The fourth-order valence-corrected chi connectivity index (χ4v) is 2.92. The predicted molar refractivity (Wildman–Crippen MR) is 70.7 cm³/mol. The van der Waals surface area contributed by atoms with Gasteiger partial charge >= 0.3 is 0 Å². The molecule has 0 heterocycles. The Morgan fingerprint density at radius 2 is 1.72 bits per heavy atom. The van der Waals surface area contributed by atoms with Gasteiger partial charge in [-0.15, -0.1) is 0 Å². The van der Waals surface area contributed by atoms with Crippen LogP contribution in [0.25, 0.3) is 0 Å². The van der Waals surface area contributed by atoms with Gasteiger partial charge in [-0.05, 0) is 43.2 Å². The van der Waals surface area contributed by atoms with Crippen molar-refractivity contribution >= 4 is 5.69 Å². The van der Waals surface area contributed by atoms with Gasteiger partial charge in [0.25, 0.3) is 0 Å². The van der Waals surface area contributed by atoms with E-state index in [9.17, 15) is 8.78 Å². The SMILES string of the molecule is Cc1ccc(F)c(NC2C(C)CCCC2C)c1F. The summed E-state index contributed by atoms with van der Waals surface area (Å²) in [6.07, 6.45) is 3.45. The molecule has 1 nitrogen and oxygen atoms in total. The smallest absolute Gasteiger partial charge is 0.152 e. The molecule has 0 amide bonds. The summed E-state index contributed by atoms with van der Waals surface area (Å²) in [5.74, 6) is -0.0517. The van der Waals surface area contributed by atoms with Crippen LogP contribution < -0.4 is 5.32 Å². The van der Waals surface area contributed by atoms with Crippen molar-refractivity contribution in [1.82, 2.24) is 0 Å². The zero-order chi connectivity index (χ0) is 13.3. The van der Waals surface area contributed by atoms with Gasteiger partial charge in [-0.3, -0.25) is 0 Å². The van der Waals surface area contributed by atoms with E-state index < -0.39 is 11.6 Å². The minimum Gasteiger partial charge on any atom is -0.377 e. The first-order valence-corrected chi connectivity index (χ1v) is 6.72. The highest BCUT2D eigenvalue weighted by atomic mass is 19.1. The third kappa shape index (κ3) is 2.50. The average Bonchev–Trinajstić information content (AvgIpc) is 2.33. The Labute approximate surface area is 108 Å². The first kappa shape index (κ1) is 13.3. The van der Waals surface area contributed by atoms with Crippen LogP contribution in [0.4, 0.5) is 14.5 Å². The molecule has 2 unspecified atom stereocenters. The van der Waals surface area contributed by atoms with Gasteiger partial charge < -0.3 is 5.32 Å². The molecule has 2 rings (SSSR count). The molecule has 18 heavy (non-hydrogen) atoms. The summed E-state index contributed by atoms with van der Waals surface area (Å²) >= 11 is 0. The molecule has 1 N–H and O–H groups in total. The summed E-state index contributed by atoms with van der Waals surface area (Å²) < 4.78 is 27.7. The van der Waals surface area contributed by atoms with Crippen LogP contribution in [-0.4, -0.2) is 6.04 Å². The van der Waals surface area contributed by atoms with Crippen molar-refractivity contribution in [2.45, 2.75) is 46.1 Å². The van der Waals surface area contributed by atoms with Gasteiger partial charge in [0.05, 0.1) is 0 Å². The molecule has 0 aromatic heterocycles. The second-order valence-corrected chi connectivity index (χ2v) is 5.61. The molecule has 1 fully saturated rings. The Morgan fingerprint density at radius 3 is 2.33 bits per heavy atom. The molecular formula is C15H21F2N. The number of halogens is 2. The van der Waals surface area contributed by atoms with Crippen molar-refractivity contribution in [2.75, 3.05) is 5.32 Å². The topological polar surface area (TPSA) is 12.0 Å². The summed E-state index contributed by atoms with van der Waals surface area (Å²) in [4.78, 5) is 0. The van der Waals surface area contributed by atoms with Crippen molar-refractivity contribution in [3.05, 3.63) is 29.3 Å². The Kier molecular flexibility index (Phi) is 3.88. The molecule has 1 aromatic rings. The summed E-state index contributed by atoms with van der Waals surface area (Å²) in [7, 11) is 0. The Hall–Kier alpha value is -1.12. The lowest BCUT2D eigenvalue weighted by atomic mass is 9.78. The molecule has 2 atom stereocenters. The Bertz CT molecular complexity index is 421. The zero-order valence-corrected chi connectivity index (χ0v) is 11.3. The van der Waals surface area contributed by atoms with Crippen molar-refractivity contribution in [3.8, 4) is 0 Å². The molecule has 0 radical (unpaired) electrons. The van der Waals surface area contributed by atoms with Crippen molar-refractivity contribution in [2.24, 2.45) is 11.8 Å². The molecule has 0 spiro atoms. The fraction of sp³-hybridized carbons (Fsp3) is 0.600. The fourth-order valence-electron chi connectivity index (χ4n) is 2.92. The molecule has 1 aliphatic carbocycles. The van der Waals surface area contributed by atoms with Crippen LogP contribution in [0.15, 0.2) is 12.1 Å². The van der Waals surface area contributed by atoms with E-state index in [1.54, 1.807) is 6.92 Å². The van der Waals surface area contributed by atoms with Gasteiger partial charge in [-0.25, -0.2) is 8.78 Å². The molecular weight excluding hydrogens is 232 g/mol. The highest BCUT2D eigenvalue weighted by Crippen LogP contribution is 2.33. The van der Waals surface area contributed by atoms with E-state index in [1.807, 2.05) is 0 Å². The lowest BCUT2D eigenvalue weighted by molar-refractivity contribution is 0.267. The quantitative estimate of drug-likeness (QED) is 0.817. The Balaban J connectivity index is 2.25. The monoisotopic (exact) mass is 253 g/mol. The van der Waals surface area contributed by atoms with Crippen LogP contribution in [0.5, 0.6) is 0 Å². The molecule has 100 valence electrons. The van der Waals surface area contributed by atoms with E-state index in [4.69, 9.17) is 0 Å². The Morgan fingerprint density at radius 1 is 1.11 bits per heavy atom. The number of nitrogens with one attached hydrogen (secondary N) is 1. The van der Waals surface area contributed by atoms with Gasteiger partial charge in [0.1, 0.15) is 11.5 Å². The molecule has 0 aliphatic heterocycles. The van der Waals surface area contributed by atoms with Gasteiger partial charge in [-0.1, -0.05) is 26.3 Å². The van der Waals surface area contributed by atoms with Crippen LogP contribution in [-0.2, 0) is 0 Å². The van der Waals surface area contributed by atoms with Crippen LogP contribution in [0.2, 0.25) is 0 Å². The maximum Gasteiger partial charge on any atom is 0.152 e. The first-order chi connectivity index (χ1) is 8.50. The average molecular weight is 253 g/mol. The van der Waals surface area contributed by atoms with E-state index in [0.29, 0.717) is 17.4 Å². The summed E-state index contributed by atoms with van der Waals surface area (Å²) in [5, 5.41) is 3.11. The number of aryl methyl sites for hydroxylation is 1. The molecule has 3 heteroatoms. The minimum atomic E-state index is -0.497. The normalized spacial score (nSPS) is 28.2. The van der Waals surface area contributed by atoms with Crippen LogP contribution in [0.3, 0.4) is 0 Å². The molecule has 1 saturated carbocycles. The van der Waals surface area contributed by atoms with Crippen molar-refractivity contribution in [3.63, 3.8) is 0 Å². The lowest BCUT2D eigenvalue weighted by Gasteiger charge is -2.36. The molecule has 1 aliphatic rings. The highest BCUT2D eigenvalue weighted by Gasteiger charge is 2.29. The summed E-state index contributed by atoms with van der Waals surface area (Å²) in [6.45, 7) is 5.96. The van der Waals surface area contributed by atoms with Crippen LogP contribution in [0.1, 0.15) is 38.7 Å². The third-order valence-corrected chi connectivity index (χ3v) is 4.14. The van der Waals surface area contributed by atoms with Gasteiger partial charge in [0.2, 0.25) is 0 Å². The lowest BCUT2D eigenvalue weighted by Crippen LogP contribution is -2.37. The standard InChI is InChI=1S/C15H21F2N/c1-9-7-8-12(16)15(13(9)17)18-14-10(2)5-4-6-11(14)3/h7-8,10-11,14,18H,4-6H2,1-3H3. The first-order valence-electron chi connectivity index (χ1n) is 6.72. The maximum atomic E-state index is 14.0. The van der Waals surface area contributed by atoms with E-state index in [-0.39, 0.29) is 11.7 Å². The minimum absolute atomic E-state index is 0.0422. The number of anilines is 1. The number of hydrogen-bond acceptors (Lipinski definition) is 1. The van der Waals surface area contributed by atoms with E-state index in [2.05, 4.69) is 19.2 Å². The van der Waals surface area contributed by atoms with Crippen molar-refractivity contribution in [1.29, 1.82) is 0 Å². The van der Waals surface area contributed by atoms with Crippen LogP contribution in [0, 0.1) is 30.4 Å². The highest BCUT2D eigenvalue weighted by molar-refractivity contribution is 5.50. The molecule has 1 aromatic carbocycles. The maximum absolute atomic E-state index is 14.0. The molecule has 0 bridgehead atoms. The second-order valence-electron chi connectivity index (χ2n) is 5.61. The number of benzene rings is 1. The second kappa shape index (κ2) is 5.25.